The minimum atomic E-state index is -1.10. The largest absolute Gasteiger partial charge is 0.378 e. The van der Waals surface area contributed by atoms with Gasteiger partial charge in [0.05, 0.1) is 5.92 Å². The minimum Gasteiger partial charge on any atom is -0.378 e. The van der Waals surface area contributed by atoms with Crippen LogP contribution in [0.3, 0.4) is 0 Å². The van der Waals surface area contributed by atoms with Crippen molar-refractivity contribution in [2.24, 2.45) is 5.92 Å². The van der Waals surface area contributed by atoms with Gasteiger partial charge in [-0.15, -0.1) is 0 Å². The smallest absolute Gasteiger partial charge is 0.250 e. The molecule has 6 nitrogen and oxygen atoms in total. The van der Waals surface area contributed by atoms with Crippen LogP contribution in [0.25, 0.3) is 0 Å². The van der Waals surface area contributed by atoms with Crippen LogP contribution in [-0.2, 0) is 16.1 Å². The van der Waals surface area contributed by atoms with Crippen LogP contribution >= 0.6 is 0 Å². The summed E-state index contributed by atoms with van der Waals surface area (Å²) in [5.74, 6) is 4.80. The summed E-state index contributed by atoms with van der Waals surface area (Å²) in [4.78, 5) is 29.1. The molecule has 0 saturated carbocycles. The lowest BCUT2D eigenvalue weighted by Gasteiger charge is -2.22. The summed E-state index contributed by atoms with van der Waals surface area (Å²) in [7, 11) is 3.65. The molecule has 0 aliphatic rings. The Bertz CT molecular complexity index is 1210. The number of benzene rings is 2. The molecule has 2 amide bonds. The van der Waals surface area contributed by atoms with Crippen LogP contribution in [0.1, 0.15) is 43.0 Å². The van der Waals surface area contributed by atoms with Gasteiger partial charge in [0.25, 0.3) is 5.91 Å². The topological polar surface area (TPSA) is 72.9 Å². The third-order valence-electron chi connectivity index (χ3n) is 5.94. The summed E-state index contributed by atoms with van der Waals surface area (Å²) in [6.07, 6.45) is 3.52. The lowest BCUT2D eigenvalue weighted by Crippen LogP contribution is -2.38. The highest BCUT2D eigenvalue weighted by atomic mass is 16.3. The molecular weight excluding hydrogens is 462 g/mol. The van der Waals surface area contributed by atoms with Crippen LogP contribution in [0.5, 0.6) is 0 Å². The van der Waals surface area contributed by atoms with Crippen molar-refractivity contribution >= 4 is 17.5 Å². The third-order valence-corrected chi connectivity index (χ3v) is 5.94. The van der Waals surface area contributed by atoms with E-state index in [2.05, 4.69) is 49.7 Å². The van der Waals surface area contributed by atoms with Crippen molar-refractivity contribution in [1.29, 1.82) is 0 Å². The molecule has 37 heavy (non-hydrogen) atoms. The van der Waals surface area contributed by atoms with Gasteiger partial charge in [-0.3, -0.25) is 9.59 Å². The predicted molar refractivity (Wildman–Crippen MR) is 151 cm³/mol. The standard InChI is InChI=1S/C31H39N3O3/c1-22-11-9-12-23(2)28(22)21-33(7)18-16-24(3)29(35)32-20-25(4)30(36)34(8)27-14-10-13-26(19-27)15-17-31(5,6)37/h9-14,16,18-19,25,37H,3,20-21H2,1-2,4-8H3,(H,32,35)/b18-16-/t25-/m0/s1. The maximum absolute atomic E-state index is 13.0. The first-order valence-electron chi connectivity index (χ1n) is 12.3. The van der Waals surface area contributed by atoms with Crippen molar-refractivity contribution in [1.82, 2.24) is 10.2 Å². The molecule has 2 aromatic carbocycles. The number of aryl methyl sites for hydroxylation is 2. The quantitative estimate of drug-likeness (QED) is 0.305. The van der Waals surface area contributed by atoms with Crippen molar-refractivity contribution in [2.45, 2.75) is 46.8 Å². The third kappa shape index (κ3) is 9.29. The Morgan fingerprint density at radius 1 is 1.14 bits per heavy atom. The number of rotatable bonds is 9. The summed E-state index contributed by atoms with van der Waals surface area (Å²) in [5, 5.41) is 12.6. The number of hydrogen-bond acceptors (Lipinski definition) is 4. The van der Waals surface area contributed by atoms with Crippen LogP contribution in [-0.4, -0.2) is 48.1 Å². The average molecular weight is 502 g/mol. The molecule has 0 radical (unpaired) electrons. The molecule has 0 aromatic heterocycles. The molecule has 0 aliphatic heterocycles. The maximum Gasteiger partial charge on any atom is 0.250 e. The van der Waals surface area contributed by atoms with Gasteiger partial charge in [0.15, 0.2) is 0 Å². The molecule has 0 fully saturated rings. The predicted octanol–water partition coefficient (Wildman–Crippen LogP) is 4.34. The van der Waals surface area contributed by atoms with Gasteiger partial charge in [0.1, 0.15) is 5.60 Å². The van der Waals surface area contributed by atoms with E-state index in [0.29, 0.717) is 16.8 Å². The fourth-order valence-electron chi connectivity index (χ4n) is 3.62. The van der Waals surface area contributed by atoms with Gasteiger partial charge in [0.2, 0.25) is 5.91 Å². The fraction of sp³-hybridized carbons (Fsp3) is 0.355. The number of hydrogen-bond donors (Lipinski definition) is 2. The Morgan fingerprint density at radius 2 is 1.76 bits per heavy atom. The number of amides is 2. The maximum atomic E-state index is 13.0. The van der Waals surface area contributed by atoms with Crippen LogP contribution in [0.4, 0.5) is 5.69 Å². The van der Waals surface area contributed by atoms with Crippen LogP contribution in [0.2, 0.25) is 0 Å². The summed E-state index contributed by atoms with van der Waals surface area (Å²) in [5.41, 5.74) is 4.33. The Morgan fingerprint density at radius 3 is 2.38 bits per heavy atom. The number of anilines is 1. The molecule has 1 atom stereocenters. The van der Waals surface area contributed by atoms with Gasteiger partial charge in [-0.1, -0.05) is 49.6 Å². The van der Waals surface area contributed by atoms with E-state index in [9.17, 15) is 14.7 Å². The van der Waals surface area contributed by atoms with Crippen molar-refractivity contribution in [3.63, 3.8) is 0 Å². The molecule has 2 N–H and O–H groups in total. The second kappa shape index (κ2) is 12.9. The van der Waals surface area contributed by atoms with E-state index >= 15 is 0 Å². The van der Waals surface area contributed by atoms with E-state index in [1.165, 1.54) is 16.7 Å². The van der Waals surface area contributed by atoms with Gasteiger partial charge < -0.3 is 20.2 Å². The minimum absolute atomic E-state index is 0.137. The van der Waals surface area contributed by atoms with Gasteiger partial charge in [0, 0.05) is 44.0 Å². The van der Waals surface area contributed by atoms with Gasteiger partial charge >= 0.3 is 0 Å². The number of carbonyl (C=O) groups is 2. The highest BCUT2D eigenvalue weighted by molar-refractivity contribution is 5.97. The van der Waals surface area contributed by atoms with Crippen LogP contribution < -0.4 is 10.2 Å². The molecule has 0 aliphatic carbocycles. The molecule has 0 spiro atoms. The molecule has 0 bridgehead atoms. The normalized spacial score (nSPS) is 11.9. The Labute approximate surface area is 221 Å². The number of carbonyl (C=O) groups excluding carboxylic acids is 2. The highest BCUT2D eigenvalue weighted by Gasteiger charge is 2.20. The number of nitrogens with one attached hydrogen (secondary N) is 1. The Hall–Kier alpha value is -3.82. The van der Waals surface area contributed by atoms with Gasteiger partial charge in [-0.25, -0.2) is 0 Å². The molecule has 2 rings (SSSR count). The second-order valence-corrected chi connectivity index (χ2v) is 9.99. The molecule has 6 heteroatoms. The van der Waals surface area contributed by atoms with Crippen LogP contribution in [0, 0.1) is 31.6 Å². The molecule has 0 heterocycles. The molecular formula is C31H39N3O3. The van der Waals surface area contributed by atoms with Gasteiger partial charge in [-0.2, -0.15) is 0 Å². The first-order valence-corrected chi connectivity index (χ1v) is 12.3. The van der Waals surface area contributed by atoms with E-state index in [1.807, 2.05) is 42.4 Å². The van der Waals surface area contributed by atoms with Crippen molar-refractivity contribution in [3.8, 4) is 11.8 Å². The molecule has 196 valence electrons. The van der Waals surface area contributed by atoms with E-state index < -0.39 is 11.5 Å². The van der Waals surface area contributed by atoms with Crippen molar-refractivity contribution < 1.29 is 14.7 Å². The first kappa shape index (κ1) is 29.4. The molecule has 0 unspecified atom stereocenters. The summed E-state index contributed by atoms with van der Waals surface area (Å²) >= 11 is 0. The summed E-state index contributed by atoms with van der Waals surface area (Å²) in [6, 6.07) is 13.5. The molecule has 2 aromatic rings. The summed E-state index contributed by atoms with van der Waals surface area (Å²) in [6.45, 7) is 14.0. The lowest BCUT2D eigenvalue weighted by atomic mass is 10.0. The Balaban J connectivity index is 1.91. The zero-order chi connectivity index (χ0) is 27.8. The van der Waals surface area contributed by atoms with Crippen molar-refractivity contribution in [2.75, 3.05) is 25.5 Å². The zero-order valence-electron chi connectivity index (χ0n) is 23.1. The average Bonchev–Trinajstić information content (AvgIpc) is 2.85. The highest BCUT2D eigenvalue weighted by Crippen LogP contribution is 2.18. The monoisotopic (exact) mass is 501 g/mol. The fourth-order valence-corrected chi connectivity index (χ4v) is 3.62. The Kier molecular flexibility index (Phi) is 10.3. The SMILES string of the molecule is C=C(/C=C\N(C)Cc1c(C)cccc1C)C(=O)NC[C@H](C)C(=O)N(C)c1cccc(C#CC(C)(C)O)c1. The first-order chi connectivity index (χ1) is 17.3. The van der Waals surface area contributed by atoms with E-state index in [1.54, 1.807) is 44.9 Å². The van der Waals surface area contributed by atoms with E-state index in [4.69, 9.17) is 0 Å². The van der Waals surface area contributed by atoms with E-state index in [-0.39, 0.29) is 18.4 Å². The number of nitrogens with zero attached hydrogens (tertiary/aromatic N) is 2. The van der Waals surface area contributed by atoms with Crippen molar-refractivity contribution in [3.05, 3.63) is 89.1 Å². The number of aliphatic hydroxyl groups is 1. The zero-order valence-corrected chi connectivity index (χ0v) is 23.1. The second-order valence-electron chi connectivity index (χ2n) is 9.99. The van der Waals surface area contributed by atoms with Gasteiger partial charge in [-0.05, 0) is 74.9 Å². The van der Waals surface area contributed by atoms with Crippen LogP contribution in [0.15, 0.2) is 66.9 Å². The lowest BCUT2D eigenvalue weighted by molar-refractivity contribution is -0.122. The molecule has 0 saturated heterocycles. The summed E-state index contributed by atoms with van der Waals surface area (Å²) < 4.78 is 0. The van der Waals surface area contributed by atoms with E-state index in [0.717, 1.165) is 6.54 Å².